The van der Waals surface area contributed by atoms with E-state index in [2.05, 4.69) is 24.1 Å². The van der Waals surface area contributed by atoms with Crippen LogP contribution in [0.25, 0.3) is 0 Å². The van der Waals surface area contributed by atoms with Gasteiger partial charge in [0.05, 0.1) is 0 Å². The largest absolute Gasteiger partial charge is 0.321 e. The molecule has 1 aliphatic rings. The molecular weight excluding hydrogens is 238 g/mol. The number of nitrogens with zero attached hydrogens (tertiary/aromatic N) is 2. The van der Waals surface area contributed by atoms with E-state index in [1.54, 1.807) is 0 Å². The summed E-state index contributed by atoms with van der Waals surface area (Å²) < 4.78 is 0. The molecule has 2 rings (SSSR count). The first-order valence-corrected chi connectivity index (χ1v) is 7.00. The Bertz CT molecular complexity index is 437. The quantitative estimate of drug-likeness (QED) is 0.904. The van der Waals surface area contributed by atoms with E-state index >= 15 is 0 Å². The molecule has 4 nitrogen and oxygen atoms in total. The lowest BCUT2D eigenvalue weighted by atomic mass is 10.1. The number of hydrogen-bond donors (Lipinski definition) is 1. The summed E-state index contributed by atoms with van der Waals surface area (Å²) in [5.41, 5.74) is 2.03. The molecule has 0 radical (unpaired) electrons. The SMILES string of the molecule is CCN(CC)C1CN(C(=O)Nc2cccc(C)c2)C1. The van der Waals surface area contributed by atoms with Gasteiger partial charge < -0.3 is 10.2 Å². The Morgan fingerprint density at radius 3 is 2.63 bits per heavy atom. The standard InChI is InChI=1S/C15H23N3O/c1-4-17(5-2)14-10-18(11-14)15(19)16-13-8-6-7-12(3)9-13/h6-9,14H,4-5,10-11H2,1-3H3,(H,16,19). The molecule has 1 fully saturated rings. The lowest BCUT2D eigenvalue weighted by molar-refractivity contribution is 0.0685. The summed E-state index contributed by atoms with van der Waals surface area (Å²) in [5.74, 6) is 0. The fourth-order valence-electron chi connectivity index (χ4n) is 2.52. The van der Waals surface area contributed by atoms with Crippen LogP contribution in [0.4, 0.5) is 10.5 Å². The molecule has 0 saturated carbocycles. The minimum atomic E-state index is 0.00834. The molecule has 0 unspecified atom stereocenters. The number of hydrogen-bond acceptors (Lipinski definition) is 2. The molecule has 1 aliphatic heterocycles. The van der Waals surface area contributed by atoms with Crippen molar-refractivity contribution in [1.29, 1.82) is 0 Å². The zero-order valence-corrected chi connectivity index (χ0v) is 12.0. The summed E-state index contributed by atoms with van der Waals surface area (Å²) in [6, 6.07) is 8.42. The number of likely N-dealkylation sites (tertiary alicyclic amines) is 1. The lowest BCUT2D eigenvalue weighted by Crippen LogP contribution is -2.61. The minimum absolute atomic E-state index is 0.00834. The van der Waals surface area contributed by atoms with Crippen molar-refractivity contribution in [3.63, 3.8) is 0 Å². The average molecular weight is 261 g/mol. The molecule has 0 aliphatic carbocycles. The summed E-state index contributed by atoms with van der Waals surface area (Å²) in [6.45, 7) is 10.1. The fraction of sp³-hybridized carbons (Fsp3) is 0.533. The van der Waals surface area contributed by atoms with Gasteiger partial charge in [0.2, 0.25) is 0 Å². The van der Waals surface area contributed by atoms with E-state index < -0.39 is 0 Å². The highest BCUT2D eigenvalue weighted by Gasteiger charge is 2.33. The summed E-state index contributed by atoms with van der Waals surface area (Å²) in [6.07, 6.45) is 0. The van der Waals surface area contributed by atoms with Gasteiger partial charge in [-0.2, -0.15) is 0 Å². The number of urea groups is 1. The van der Waals surface area contributed by atoms with E-state index in [4.69, 9.17) is 0 Å². The summed E-state index contributed by atoms with van der Waals surface area (Å²) in [5, 5.41) is 2.95. The van der Waals surface area contributed by atoms with E-state index in [0.717, 1.165) is 37.4 Å². The highest BCUT2D eigenvalue weighted by Crippen LogP contribution is 2.17. The van der Waals surface area contributed by atoms with Crippen LogP contribution in [-0.4, -0.2) is 48.1 Å². The van der Waals surface area contributed by atoms with Crippen LogP contribution >= 0.6 is 0 Å². The van der Waals surface area contributed by atoms with Crippen LogP contribution in [0, 0.1) is 6.92 Å². The van der Waals surface area contributed by atoms with Crippen molar-refractivity contribution in [2.24, 2.45) is 0 Å². The van der Waals surface area contributed by atoms with Crippen LogP contribution in [0.5, 0.6) is 0 Å². The molecule has 0 spiro atoms. The Kier molecular flexibility index (Phi) is 4.43. The molecule has 1 aromatic rings. The number of aryl methyl sites for hydroxylation is 1. The second-order valence-electron chi connectivity index (χ2n) is 5.08. The van der Waals surface area contributed by atoms with Gasteiger partial charge in [0.1, 0.15) is 0 Å². The van der Waals surface area contributed by atoms with Gasteiger partial charge in [-0.3, -0.25) is 4.90 Å². The average Bonchev–Trinajstić information content (AvgIpc) is 2.32. The number of carbonyl (C=O) groups is 1. The molecule has 4 heteroatoms. The zero-order chi connectivity index (χ0) is 13.8. The monoisotopic (exact) mass is 261 g/mol. The van der Waals surface area contributed by atoms with Gasteiger partial charge in [-0.25, -0.2) is 4.79 Å². The van der Waals surface area contributed by atoms with Gasteiger partial charge in [0, 0.05) is 24.8 Å². The second-order valence-corrected chi connectivity index (χ2v) is 5.08. The Balaban J connectivity index is 1.83. The number of benzene rings is 1. The van der Waals surface area contributed by atoms with Crippen molar-refractivity contribution in [3.8, 4) is 0 Å². The topological polar surface area (TPSA) is 35.6 Å². The number of amides is 2. The molecule has 0 bridgehead atoms. The van der Waals surface area contributed by atoms with E-state index in [9.17, 15) is 4.79 Å². The molecule has 1 heterocycles. The first-order valence-electron chi connectivity index (χ1n) is 7.00. The van der Waals surface area contributed by atoms with Crippen LogP contribution in [-0.2, 0) is 0 Å². The molecule has 1 N–H and O–H groups in total. The molecule has 1 saturated heterocycles. The van der Waals surface area contributed by atoms with Crippen LogP contribution in [0.2, 0.25) is 0 Å². The van der Waals surface area contributed by atoms with Gasteiger partial charge in [0.25, 0.3) is 0 Å². The highest BCUT2D eigenvalue weighted by molar-refractivity contribution is 5.90. The van der Waals surface area contributed by atoms with Crippen molar-refractivity contribution < 1.29 is 4.79 Å². The Morgan fingerprint density at radius 1 is 1.37 bits per heavy atom. The van der Waals surface area contributed by atoms with Gasteiger partial charge >= 0.3 is 6.03 Å². The van der Waals surface area contributed by atoms with Gasteiger partial charge in [-0.1, -0.05) is 26.0 Å². The van der Waals surface area contributed by atoms with Crippen LogP contribution < -0.4 is 5.32 Å². The fourth-order valence-corrected chi connectivity index (χ4v) is 2.52. The first-order chi connectivity index (χ1) is 9.13. The Labute approximate surface area is 115 Å². The van der Waals surface area contributed by atoms with Crippen LogP contribution in [0.3, 0.4) is 0 Å². The van der Waals surface area contributed by atoms with Crippen molar-refractivity contribution in [2.75, 3.05) is 31.5 Å². The summed E-state index contributed by atoms with van der Waals surface area (Å²) in [7, 11) is 0. The minimum Gasteiger partial charge on any atom is -0.321 e. The third-order valence-corrected chi connectivity index (χ3v) is 3.75. The van der Waals surface area contributed by atoms with Crippen LogP contribution in [0.15, 0.2) is 24.3 Å². The summed E-state index contributed by atoms with van der Waals surface area (Å²) in [4.78, 5) is 16.3. The molecule has 19 heavy (non-hydrogen) atoms. The molecule has 0 aromatic heterocycles. The molecule has 1 aromatic carbocycles. The molecule has 0 atom stereocenters. The smallest absolute Gasteiger partial charge is 0.321 e. The van der Waals surface area contributed by atoms with Gasteiger partial charge in [-0.15, -0.1) is 0 Å². The zero-order valence-electron chi connectivity index (χ0n) is 12.0. The maximum Gasteiger partial charge on any atom is 0.321 e. The number of carbonyl (C=O) groups excluding carboxylic acids is 1. The van der Waals surface area contributed by atoms with E-state index in [1.165, 1.54) is 0 Å². The third-order valence-electron chi connectivity index (χ3n) is 3.75. The van der Waals surface area contributed by atoms with Crippen LogP contribution in [0.1, 0.15) is 19.4 Å². The number of nitrogens with one attached hydrogen (secondary N) is 1. The van der Waals surface area contributed by atoms with E-state index in [0.29, 0.717) is 6.04 Å². The maximum absolute atomic E-state index is 12.0. The highest BCUT2D eigenvalue weighted by atomic mass is 16.2. The lowest BCUT2D eigenvalue weighted by Gasteiger charge is -2.44. The second kappa shape index (κ2) is 6.06. The van der Waals surface area contributed by atoms with Crippen molar-refractivity contribution in [1.82, 2.24) is 9.80 Å². The molecular formula is C15H23N3O. The predicted molar refractivity (Wildman–Crippen MR) is 78.5 cm³/mol. The number of likely N-dealkylation sites (N-methyl/N-ethyl adjacent to an activating group) is 1. The normalized spacial score (nSPS) is 15.5. The van der Waals surface area contributed by atoms with Gasteiger partial charge in [0.15, 0.2) is 0 Å². The third kappa shape index (κ3) is 3.26. The number of anilines is 1. The van der Waals surface area contributed by atoms with E-state index in [1.807, 2.05) is 36.1 Å². The summed E-state index contributed by atoms with van der Waals surface area (Å²) >= 11 is 0. The Morgan fingerprint density at radius 2 is 2.05 bits per heavy atom. The number of rotatable bonds is 4. The maximum atomic E-state index is 12.0. The predicted octanol–water partition coefficient (Wildman–Crippen LogP) is 2.55. The van der Waals surface area contributed by atoms with Crippen molar-refractivity contribution in [3.05, 3.63) is 29.8 Å². The first kappa shape index (κ1) is 13.9. The van der Waals surface area contributed by atoms with Crippen molar-refractivity contribution in [2.45, 2.75) is 26.8 Å². The van der Waals surface area contributed by atoms with Crippen molar-refractivity contribution >= 4 is 11.7 Å². The molecule has 104 valence electrons. The van der Waals surface area contributed by atoms with E-state index in [-0.39, 0.29) is 6.03 Å². The Hall–Kier alpha value is -1.55. The molecule has 2 amide bonds. The van der Waals surface area contributed by atoms with Gasteiger partial charge in [-0.05, 0) is 37.7 Å².